The van der Waals surface area contributed by atoms with Crippen LogP contribution in [-0.4, -0.2) is 30.1 Å². The Balaban J connectivity index is 1.92. The lowest BCUT2D eigenvalue weighted by Crippen LogP contribution is -2.27. The van der Waals surface area contributed by atoms with Crippen LogP contribution in [0.5, 0.6) is 0 Å². The van der Waals surface area contributed by atoms with E-state index in [1.165, 1.54) is 19.4 Å². The first-order valence-electron chi connectivity index (χ1n) is 4.08. The highest BCUT2D eigenvalue weighted by atomic mass is 33.1. The van der Waals surface area contributed by atoms with Crippen LogP contribution in [0, 0.1) is 5.92 Å². The van der Waals surface area contributed by atoms with Crippen LogP contribution >= 0.6 is 22.6 Å². The van der Waals surface area contributed by atoms with Gasteiger partial charge in [-0.1, -0.05) is 11.7 Å². The van der Waals surface area contributed by atoms with Gasteiger partial charge in [0.25, 0.3) is 0 Å². The van der Waals surface area contributed by atoms with Crippen molar-refractivity contribution in [2.75, 3.05) is 19.7 Å². The Kier molecular flexibility index (Phi) is 2.66. The Morgan fingerprint density at radius 1 is 1.45 bits per heavy atom. The Morgan fingerprint density at radius 3 is 3.09 bits per heavy atom. The van der Waals surface area contributed by atoms with Crippen LogP contribution in [0.15, 0.2) is 0 Å². The quantitative estimate of drug-likeness (QED) is 0.384. The van der Waals surface area contributed by atoms with E-state index in [1.807, 2.05) is 0 Å². The van der Waals surface area contributed by atoms with Crippen LogP contribution in [0.25, 0.3) is 0 Å². The third-order valence-corrected chi connectivity index (χ3v) is 3.74. The summed E-state index contributed by atoms with van der Waals surface area (Å²) in [5, 5.41) is 0. The Morgan fingerprint density at radius 2 is 2.36 bits per heavy atom. The van der Waals surface area contributed by atoms with Gasteiger partial charge in [-0.2, -0.15) is 0 Å². The van der Waals surface area contributed by atoms with E-state index in [9.17, 15) is 0 Å². The number of nitrogens with zero attached hydrogens (tertiary/aromatic N) is 1. The molecule has 0 aromatic rings. The summed E-state index contributed by atoms with van der Waals surface area (Å²) in [6, 6.07) is 0. The highest BCUT2D eigenvalue weighted by molar-refractivity contribution is 8.67. The summed E-state index contributed by atoms with van der Waals surface area (Å²) in [6.07, 6.45) is 3.09. The maximum atomic E-state index is 5.64. The Hall–Kier alpha value is 0.620. The smallest absolute Gasteiger partial charge is 0.0752 e. The van der Waals surface area contributed by atoms with Gasteiger partial charge in [0.2, 0.25) is 0 Å². The van der Waals surface area contributed by atoms with Crippen molar-refractivity contribution in [2.45, 2.75) is 18.9 Å². The first kappa shape index (κ1) is 8.23. The molecule has 0 bridgehead atoms. The van der Waals surface area contributed by atoms with Crippen LogP contribution in [-0.2, 0) is 4.74 Å². The standard InChI is InChI=1S/C7H13NOS2/c10-11-8-4-6-2-1-3-9-7(6)5-8/h6-7,10H,1-5H2. The molecule has 2 aliphatic heterocycles. The summed E-state index contributed by atoms with van der Waals surface area (Å²) in [5.74, 6) is 0.781. The van der Waals surface area contributed by atoms with Crippen LogP contribution in [0.4, 0.5) is 0 Å². The highest BCUT2D eigenvalue weighted by Gasteiger charge is 2.35. The van der Waals surface area contributed by atoms with E-state index in [0.717, 1.165) is 19.1 Å². The second kappa shape index (κ2) is 3.56. The number of hydrogen-bond donors (Lipinski definition) is 1. The number of ether oxygens (including phenoxy) is 1. The topological polar surface area (TPSA) is 12.5 Å². The first-order valence-corrected chi connectivity index (χ1v) is 5.91. The largest absolute Gasteiger partial charge is 0.377 e. The maximum absolute atomic E-state index is 5.64. The zero-order valence-corrected chi connectivity index (χ0v) is 8.11. The average molecular weight is 191 g/mol. The number of rotatable bonds is 1. The molecular weight excluding hydrogens is 178 g/mol. The van der Waals surface area contributed by atoms with Crippen LogP contribution < -0.4 is 0 Å². The summed E-state index contributed by atoms with van der Waals surface area (Å²) < 4.78 is 7.93. The maximum Gasteiger partial charge on any atom is 0.0752 e. The molecule has 2 nitrogen and oxygen atoms in total. The van der Waals surface area contributed by atoms with Gasteiger partial charge >= 0.3 is 0 Å². The fraction of sp³-hybridized carbons (Fsp3) is 1.00. The predicted molar refractivity (Wildman–Crippen MR) is 50.6 cm³/mol. The molecule has 0 aliphatic carbocycles. The molecule has 0 aromatic carbocycles. The zero-order chi connectivity index (χ0) is 7.68. The van der Waals surface area contributed by atoms with E-state index in [2.05, 4.69) is 16.0 Å². The van der Waals surface area contributed by atoms with Crippen molar-refractivity contribution >= 4 is 22.6 Å². The molecule has 11 heavy (non-hydrogen) atoms. The van der Waals surface area contributed by atoms with E-state index < -0.39 is 0 Å². The molecule has 0 saturated carbocycles. The van der Waals surface area contributed by atoms with Gasteiger partial charge in [0.05, 0.1) is 6.10 Å². The predicted octanol–water partition coefficient (Wildman–Crippen LogP) is 1.59. The van der Waals surface area contributed by atoms with Crippen LogP contribution in [0.1, 0.15) is 12.8 Å². The molecule has 0 aromatic heterocycles. The molecule has 0 N–H and O–H groups in total. The lowest BCUT2D eigenvalue weighted by atomic mass is 9.98. The van der Waals surface area contributed by atoms with Crippen LogP contribution in [0.3, 0.4) is 0 Å². The summed E-state index contributed by atoms with van der Waals surface area (Å²) >= 11 is 4.18. The normalized spacial score (nSPS) is 39.0. The lowest BCUT2D eigenvalue weighted by Gasteiger charge is -2.23. The third-order valence-electron chi connectivity index (χ3n) is 2.51. The van der Waals surface area contributed by atoms with Crippen molar-refractivity contribution in [1.29, 1.82) is 0 Å². The number of thiol groups is 1. The molecular formula is C7H13NOS2. The van der Waals surface area contributed by atoms with Gasteiger partial charge in [-0.25, -0.2) is 4.31 Å². The van der Waals surface area contributed by atoms with Gasteiger partial charge < -0.3 is 4.74 Å². The molecule has 2 saturated heterocycles. The Bertz CT molecular complexity index is 130. The summed E-state index contributed by atoms with van der Waals surface area (Å²) in [4.78, 5) is 0. The fourth-order valence-electron chi connectivity index (χ4n) is 1.92. The molecule has 0 spiro atoms. The first-order chi connectivity index (χ1) is 5.40. The van der Waals surface area contributed by atoms with Gasteiger partial charge in [-0.05, 0) is 23.8 Å². The summed E-state index contributed by atoms with van der Waals surface area (Å²) in [7, 11) is 1.55. The molecule has 2 rings (SSSR count). The van der Waals surface area contributed by atoms with Crippen molar-refractivity contribution in [3.8, 4) is 0 Å². The summed E-state index contributed by atoms with van der Waals surface area (Å²) in [5.41, 5.74) is 0. The van der Waals surface area contributed by atoms with Crippen molar-refractivity contribution in [2.24, 2.45) is 5.92 Å². The van der Waals surface area contributed by atoms with E-state index in [4.69, 9.17) is 4.74 Å². The van der Waals surface area contributed by atoms with Crippen molar-refractivity contribution in [1.82, 2.24) is 4.31 Å². The van der Waals surface area contributed by atoms with Gasteiger partial charge in [-0.3, -0.25) is 0 Å². The second-order valence-corrected chi connectivity index (χ2v) is 4.41. The van der Waals surface area contributed by atoms with E-state index in [0.29, 0.717) is 6.10 Å². The molecule has 2 atom stereocenters. The Labute approximate surface area is 76.6 Å². The highest BCUT2D eigenvalue weighted by Crippen LogP contribution is 2.32. The van der Waals surface area contributed by atoms with Crippen molar-refractivity contribution < 1.29 is 4.74 Å². The molecule has 4 heteroatoms. The molecule has 0 radical (unpaired) electrons. The summed E-state index contributed by atoms with van der Waals surface area (Å²) in [6.45, 7) is 3.20. The minimum absolute atomic E-state index is 0.503. The number of fused-ring (bicyclic) bond motifs is 1. The second-order valence-electron chi connectivity index (χ2n) is 3.24. The monoisotopic (exact) mass is 191 g/mol. The number of hydrogen-bond acceptors (Lipinski definition) is 4. The third kappa shape index (κ3) is 1.69. The minimum Gasteiger partial charge on any atom is -0.377 e. The molecule has 0 amide bonds. The van der Waals surface area contributed by atoms with Gasteiger partial charge in [-0.15, -0.1) is 0 Å². The molecule has 2 fully saturated rings. The van der Waals surface area contributed by atoms with Gasteiger partial charge in [0.15, 0.2) is 0 Å². The van der Waals surface area contributed by atoms with E-state index in [-0.39, 0.29) is 0 Å². The lowest BCUT2D eigenvalue weighted by molar-refractivity contribution is 0.0000272. The molecule has 2 unspecified atom stereocenters. The van der Waals surface area contributed by atoms with E-state index in [1.54, 1.807) is 11.0 Å². The van der Waals surface area contributed by atoms with Gasteiger partial charge in [0.1, 0.15) is 0 Å². The minimum atomic E-state index is 0.503. The molecule has 64 valence electrons. The van der Waals surface area contributed by atoms with Crippen LogP contribution in [0.2, 0.25) is 0 Å². The SMILES string of the molecule is SSN1CC2CCCOC2C1. The van der Waals surface area contributed by atoms with Crippen molar-refractivity contribution in [3.05, 3.63) is 0 Å². The van der Waals surface area contributed by atoms with E-state index >= 15 is 0 Å². The average Bonchev–Trinajstić information content (AvgIpc) is 2.46. The van der Waals surface area contributed by atoms with Gasteiger partial charge in [0, 0.05) is 25.6 Å². The molecule has 2 heterocycles. The molecule has 2 aliphatic rings. The van der Waals surface area contributed by atoms with Crippen molar-refractivity contribution in [3.63, 3.8) is 0 Å². The zero-order valence-electron chi connectivity index (χ0n) is 6.40. The fourth-order valence-corrected chi connectivity index (χ4v) is 2.79.